The molecule has 5 heteroatoms. The molecule has 16 heavy (non-hydrogen) atoms. The summed E-state index contributed by atoms with van der Waals surface area (Å²) < 4.78 is 25.5. The van der Waals surface area contributed by atoms with Crippen molar-refractivity contribution in [3.8, 4) is 0 Å². The summed E-state index contributed by atoms with van der Waals surface area (Å²) in [6.07, 6.45) is -0.658. The molecule has 0 amide bonds. The number of halogens is 3. The lowest BCUT2D eigenvalue weighted by Gasteiger charge is -2.28. The van der Waals surface area contributed by atoms with Crippen molar-refractivity contribution in [3.05, 3.63) is 34.5 Å². The second-order valence-corrected chi connectivity index (χ2v) is 4.48. The zero-order valence-corrected chi connectivity index (χ0v) is 10.2. The van der Waals surface area contributed by atoms with Gasteiger partial charge in [0.15, 0.2) is 0 Å². The van der Waals surface area contributed by atoms with Crippen LogP contribution in [0.3, 0.4) is 0 Å². The average Bonchev–Trinajstić information content (AvgIpc) is 2.29. The number of rotatable bonds is 1. The predicted molar refractivity (Wildman–Crippen MR) is 62.6 cm³/mol. The van der Waals surface area contributed by atoms with E-state index in [0.717, 1.165) is 10.4 Å². The molecule has 0 unspecified atom stereocenters. The van der Waals surface area contributed by atoms with Gasteiger partial charge in [-0.2, -0.15) is 8.78 Å². The largest absolute Gasteiger partial charge is 0.356 e. The number of anilines is 1. The van der Waals surface area contributed by atoms with Gasteiger partial charge in [-0.05, 0) is 46.5 Å². The summed E-state index contributed by atoms with van der Waals surface area (Å²) in [5.41, 5.74) is 0.284. The maximum absolute atomic E-state index is 12.4. The minimum absolute atomic E-state index is 0.284. The van der Waals surface area contributed by atoms with Crippen molar-refractivity contribution in [1.82, 2.24) is 4.98 Å². The van der Waals surface area contributed by atoms with Gasteiger partial charge in [0.1, 0.15) is 10.4 Å². The average molecular weight is 289 g/mol. The third-order valence-corrected chi connectivity index (χ3v) is 3.10. The third-order valence-electron chi connectivity index (χ3n) is 2.66. The number of pyridine rings is 1. The molecule has 0 aliphatic carbocycles. The zero-order chi connectivity index (χ0) is 11.5. The molecule has 1 fully saturated rings. The lowest BCUT2D eigenvalue weighted by atomic mass is 10.1. The standard InChI is InChI=1S/C11H11BrF2N2/c12-9-2-1-3-10(15-9)16-6-4-8(5-7-16)11(13)14/h1-3H,4-7H2. The van der Waals surface area contributed by atoms with Crippen molar-refractivity contribution in [3.63, 3.8) is 0 Å². The molecule has 2 heterocycles. The van der Waals surface area contributed by atoms with Gasteiger partial charge in [0, 0.05) is 13.1 Å². The fourth-order valence-electron chi connectivity index (χ4n) is 1.77. The number of piperidine rings is 1. The first-order chi connectivity index (χ1) is 7.66. The summed E-state index contributed by atoms with van der Waals surface area (Å²) >= 11 is 3.30. The van der Waals surface area contributed by atoms with Gasteiger partial charge in [-0.25, -0.2) is 4.98 Å². The number of hydrogen-bond acceptors (Lipinski definition) is 2. The van der Waals surface area contributed by atoms with Gasteiger partial charge >= 0.3 is 0 Å². The van der Waals surface area contributed by atoms with Gasteiger partial charge in [0.05, 0.1) is 0 Å². The van der Waals surface area contributed by atoms with Crippen LogP contribution in [0.15, 0.2) is 34.5 Å². The lowest BCUT2D eigenvalue weighted by Crippen LogP contribution is -2.31. The second kappa shape index (κ2) is 4.91. The molecule has 0 bridgehead atoms. The van der Waals surface area contributed by atoms with Crippen LogP contribution in [0.2, 0.25) is 0 Å². The van der Waals surface area contributed by atoms with Crippen LogP contribution in [-0.4, -0.2) is 18.1 Å². The van der Waals surface area contributed by atoms with Gasteiger partial charge in [-0.3, -0.25) is 0 Å². The smallest absolute Gasteiger partial charge is 0.269 e. The Balaban J connectivity index is 2.07. The molecule has 1 aliphatic heterocycles. The van der Waals surface area contributed by atoms with E-state index in [0.29, 0.717) is 25.9 Å². The molecular formula is C11H11BrF2N2. The molecule has 0 spiro atoms. The molecule has 1 aliphatic rings. The first-order valence-corrected chi connectivity index (χ1v) is 5.86. The summed E-state index contributed by atoms with van der Waals surface area (Å²) in [7, 11) is 0. The van der Waals surface area contributed by atoms with Crippen LogP contribution in [0.25, 0.3) is 0 Å². The van der Waals surface area contributed by atoms with E-state index in [9.17, 15) is 8.78 Å². The van der Waals surface area contributed by atoms with Crippen LogP contribution in [-0.2, 0) is 0 Å². The topological polar surface area (TPSA) is 16.1 Å². The fourth-order valence-corrected chi connectivity index (χ4v) is 2.10. The fraction of sp³-hybridized carbons (Fsp3) is 0.364. The summed E-state index contributed by atoms with van der Waals surface area (Å²) in [6, 6.07) is 5.64. The molecule has 1 aromatic rings. The molecule has 0 aromatic carbocycles. The molecule has 2 rings (SSSR count). The SMILES string of the molecule is FC(F)=C1CCN(c2cccc(Br)n2)CC1. The van der Waals surface area contributed by atoms with Crippen molar-refractivity contribution in [2.45, 2.75) is 12.8 Å². The Kier molecular flexibility index (Phi) is 3.53. The van der Waals surface area contributed by atoms with Crippen LogP contribution in [0.4, 0.5) is 14.6 Å². The van der Waals surface area contributed by atoms with Crippen molar-refractivity contribution >= 4 is 21.7 Å². The Labute approximate surface area is 101 Å². The second-order valence-electron chi connectivity index (χ2n) is 3.67. The third kappa shape index (κ3) is 2.58. The Morgan fingerprint density at radius 3 is 2.50 bits per heavy atom. The molecule has 0 N–H and O–H groups in total. The van der Waals surface area contributed by atoms with E-state index in [-0.39, 0.29) is 5.57 Å². The maximum Gasteiger partial charge on any atom is 0.269 e. The van der Waals surface area contributed by atoms with Crippen LogP contribution in [0, 0.1) is 0 Å². The monoisotopic (exact) mass is 288 g/mol. The number of nitrogens with zero attached hydrogens (tertiary/aromatic N) is 2. The van der Waals surface area contributed by atoms with E-state index >= 15 is 0 Å². The molecule has 1 saturated heterocycles. The highest BCUT2D eigenvalue weighted by Gasteiger charge is 2.18. The van der Waals surface area contributed by atoms with E-state index in [1.807, 2.05) is 23.1 Å². The first kappa shape index (κ1) is 11.5. The van der Waals surface area contributed by atoms with Crippen molar-refractivity contribution in [2.75, 3.05) is 18.0 Å². The minimum Gasteiger partial charge on any atom is -0.356 e. The molecule has 2 nitrogen and oxygen atoms in total. The Morgan fingerprint density at radius 2 is 1.94 bits per heavy atom. The first-order valence-electron chi connectivity index (χ1n) is 5.07. The minimum atomic E-state index is -1.51. The Morgan fingerprint density at radius 1 is 1.25 bits per heavy atom. The van der Waals surface area contributed by atoms with E-state index in [2.05, 4.69) is 20.9 Å². The van der Waals surface area contributed by atoms with Crippen LogP contribution in [0.1, 0.15) is 12.8 Å². The highest BCUT2D eigenvalue weighted by atomic mass is 79.9. The quantitative estimate of drug-likeness (QED) is 0.734. The van der Waals surface area contributed by atoms with Crippen LogP contribution >= 0.6 is 15.9 Å². The predicted octanol–water partition coefficient (Wildman–Crippen LogP) is 3.59. The molecule has 0 saturated carbocycles. The van der Waals surface area contributed by atoms with Crippen LogP contribution < -0.4 is 4.90 Å². The summed E-state index contributed by atoms with van der Waals surface area (Å²) in [6.45, 7) is 1.21. The highest BCUT2D eigenvalue weighted by molar-refractivity contribution is 9.10. The molecular weight excluding hydrogens is 278 g/mol. The zero-order valence-electron chi connectivity index (χ0n) is 8.59. The van der Waals surface area contributed by atoms with Crippen molar-refractivity contribution in [2.24, 2.45) is 0 Å². The number of aromatic nitrogens is 1. The Bertz CT molecular complexity index is 406. The van der Waals surface area contributed by atoms with Crippen molar-refractivity contribution < 1.29 is 8.78 Å². The normalized spacial score (nSPS) is 16.4. The van der Waals surface area contributed by atoms with Gasteiger partial charge in [0.2, 0.25) is 0 Å². The van der Waals surface area contributed by atoms with Crippen LogP contribution in [0.5, 0.6) is 0 Å². The number of hydrogen-bond donors (Lipinski definition) is 0. The molecule has 1 aromatic heterocycles. The summed E-state index contributed by atoms with van der Waals surface area (Å²) in [5, 5.41) is 0. The molecule has 0 atom stereocenters. The highest BCUT2D eigenvalue weighted by Crippen LogP contribution is 2.25. The summed E-state index contributed by atoms with van der Waals surface area (Å²) in [4.78, 5) is 6.33. The van der Waals surface area contributed by atoms with E-state index in [1.165, 1.54) is 0 Å². The van der Waals surface area contributed by atoms with Gasteiger partial charge in [-0.15, -0.1) is 0 Å². The molecule has 0 radical (unpaired) electrons. The lowest BCUT2D eigenvalue weighted by molar-refractivity contribution is 0.399. The van der Waals surface area contributed by atoms with Gasteiger partial charge in [-0.1, -0.05) is 6.07 Å². The van der Waals surface area contributed by atoms with Gasteiger partial charge < -0.3 is 4.90 Å². The van der Waals surface area contributed by atoms with Gasteiger partial charge in [0.25, 0.3) is 6.08 Å². The van der Waals surface area contributed by atoms with E-state index in [4.69, 9.17) is 0 Å². The molecule has 86 valence electrons. The maximum atomic E-state index is 12.4. The Hall–Kier alpha value is -0.970. The summed E-state index contributed by atoms with van der Waals surface area (Å²) in [5.74, 6) is 0.840. The van der Waals surface area contributed by atoms with Crippen molar-refractivity contribution in [1.29, 1.82) is 0 Å². The van der Waals surface area contributed by atoms with E-state index in [1.54, 1.807) is 0 Å². The van der Waals surface area contributed by atoms with E-state index < -0.39 is 6.08 Å².